The van der Waals surface area contributed by atoms with Crippen molar-refractivity contribution >= 4 is 23.0 Å². The molecule has 3 rings (SSSR count). The molecule has 0 fully saturated rings. The fourth-order valence-corrected chi connectivity index (χ4v) is 3.95. The van der Waals surface area contributed by atoms with Crippen LogP contribution in [0.4, 0.5) is 4.39 Å². The van der Waals surface area contributed by atoms with Crippen LogP contribution in [-0.2, 0) is 11.2 Å². The van der Waals surface area contributed by atoms with Gasteiger partial charge in [-0.2, -0.15) is 0 Å². The second-order valence-electron chi connectivity index (χ2n) is 7.01. The van der Waals surface area contributed by atoms with E-state index in [4.69, 9.17) is 4.74 Å². The number of ether oxygens (including phenoxy) is 1. The van der Waals surface area contributed by atoms with Crippen LogP contribution in [0.2, 0.25) is 0 Å². The molecule has 1 atom stereocenters. The van der Waals surface area contributed by atoms with Crippen molar-refractivity contribution in [3.63, 3.8) is 0 Å². The molecule has 0 saturated carbocycles. The Morgan fingerprint density at radius 2 is 2.12 bits per heavy atom. The van der Waals surface area contributed by atoms with Gasteiger partial charge in [-0.3, -0.25) is 9.59 Å². The maximum absolute atomic E-state index is 14.1. The first-order valence-corrected chi connectivity index (χ1v) is 9.52. The number of carbonyl (C=O) groups excluding carboxylic acids is 2. The number of nitrogens with one attached hydrogen (secondary N) is 1. The van der Waals surface area contributed by atoms with Crippen LogP contribution in [0.1, 0.15) is 42.4 Å². The summed E-state index contributed by atoms with van der Waals surface area (Å²) in [7, 11) is 0. The Morgan fingerprint density at radius 3 is 2.77 bits per heavy atom. The van der Waals surface area contributed by atoms with Gasteiger partial charge in [0.15, 0.2) is 5.78 Å². The number of amides is 1. The van der Waals surface area contributed by atoms with E-state index in [9.17, 15) is 14.0 Å². The van der Waals surface area contributed by atoms with Crippen molar-refractivity contribution in [3.8, 4) is 16.2 Å². The second kappa shape index (κ2) is 7.58. The van der Waals surface area contributed by atoms with Crippen LogP contribution in [0.5, 0.6) is 5.75 Å². The fourth-order valence-electron chi connectivity index (χ4n) is 3.03. The summed E-state index contributed by atoms with van der Waals surface area (Å²) >= 11 is 1.33. The van der Waals surface area contributed by atoms with Gasteiger partial charge in [0.25, 0.3) is 0 Å². The smallest absolute Gasteiger partial charge is 0.220 e. The molecule has 0 bridgehead atoms. The lowest BCUT2D eigenvalue weighted by Crippen LogP contribution is -2.34. The van der Waals surface area contributed by atoms with Crippen molar-refractivity contribution < 1.29 is 18.7 Å². The molecule has 2 aromatic rings. The molecular formula is C20H22FNO3S. The first kappa shape index (κ1) is 18.6. The number of hydrogen-bond donors (Lipinski definition) is 1. The van der Waals surface area contributed by atoms with E-state index in [-0.39, 0.29) is 23.6 Å². The van der Waals surface area contributed by atoms with Crippen molar-refractivity contribution in [2.24, 2.45) is 5.92 Å². The normalized spacial score (nSPS) is 15.7. The Labute approximate surface area is 156 Å². The molecular weight excluding hydrogens is 353 g/mol. The van der Waals surface area contributed by atoms with Crippen molar-refractivity contribution in [1.29, 1.82) is 0 Å². The quantitative estimate of drug-likeness (QED) is 0.769. The summed E-state index contributed by atoms with van der Waals surface area (Å²) in [6.45, 7) is 5.89. The van der Waals surface area contributed by atoms with Gasteiger partial charge in [-0.15, -0.1) is 11.3 Å². The minimum absolute atomic E-state index is 0.00434. The molecule has 1 aliphatic rings. The molecule has 1 aromatic heterocycles. The van der Waals surface area contributed by atoms with Gasteiger partial charge in [0.1, 0.15) is 17.7 Å². The maximum Gasteiger partial charge on any atom is 0.220 e. The van der Waals surface area contributed by atoms with Gasteiger partial charge >= 0.3 is 0 Å². The van der Waals surface area contributed by atoms with Crippen molar-refractivity contribution in [3.05, 3.63) is 40.5 Å². The number of halogens is 1. The zero-order chi connectivity index (χ0) is 18.8. The lowest BCUT2D eigenvalue weighted by Gasteiger charge is -2.14. The SMILES string of the molecule is CC(=O)c1ccc(-c2cc(F)cc3c2O[C@@H](CNC(=O)CC(C)C)C3)s1. The Bertz CT molecular complexity index is 844. The van der Waals surface area contributed by atoms with Crippen LogP contribution in [0.3, 0.4) is 0 Å². The van der Waals surface area contributed by atoms with Crippen LogP contribution in [0, 0.1) is 11.7 Å². The zero-order valence-electron chi connectivity index (χ0n) is 15.1. The first-order chi connectivity index (χ1) is 12.3. The number of carbonyl (C=O) groups is 2. The van der Waals surface area contributed by atoms with E-state index < -0.39 is 0 Å². The molecule has 4 nitrogen and oxygen atoms in total. The number of fused-ring (bicyclic) bond motifs is 1. The average Bonchev–Trinajstić information content (AvgIpc) is 3.18. The second-order valence-corrected chi connectivity index (χ2v) is 8.09. The highest BCUT2D eigenvalue weighted by molar-refractivity contribution is 7.17. The van der Waals surface area contributed by atoms with Crippen molar-refractivity contribution in [1.82, 2.24) is 5.32 Å². The van der Waals surface area contributed by atoms with Crippen LogP contribution in [0.15, 0.2) is 24.3 Å². The predicted molar refractivity (Wildman–Crippen MR) is 100 cm³/mol. The van der Waals surface area contributed by atoms with Crippen molar-refractivity contribution in [2.75, 3.05) is 6.54 Å². The number of benzene rings is 1. The van der Waals surface area contributed by atoms with Crippen LogP contribution >= 0.6 is 11.3 Å². The largest absolute Gasteiger partial charge is 0.487 e. The van der Waals surface area contributed by atoms with E-state index in [0.717, 1.165) is 10.4 Å². The van der Waals surface area contributed by atoms with Crippen molar-refractivity contribution in [2.45, 2.75) is 39.7 Å². The Balaban J connectivity index is 1.77. The number of thiophene rings is 1. The third-order valence-electron chi connectivity index (χ3n) is 4.20. The molecule has 138 valence electrons. The third-order valence-corrected chi connectivity index (χ3v) is 5.42. The lowest BCUT2D eigenvalue weighted by atomic mass is 10.0. The van der Waals surface area contributed by atoms with Gasteiger partial charge in [-0.1, -0.05) is 13.8 Å². The summed E-state index contributed by atoms with van der Waals surface area (Å²) in [6, 6.07) is 6.48. The van der Waals surface area contributed by atoms with Gasteiger partial charge in [-0.25, -0.2) is 4.39 Å². The summed E-state index contributed by atoms with van der Waals surface area (Å²) in [5, 5.41) is 2.88. The van der Waals surface area contributed by atoms with Gasteiger partial charge in [-0.05, 0) is 37.1 Å². The molecule has 0 unspecified atom stereocenters. The molecule has 0 aliphatic carbocycles. The average molecular weight is 375 g/mol. The Kier molecular flexibility index (Phi) is 5.41. The summed E-state index contributed by atoms with van der Waals surface area (Å²) in [5.74, 6) is 0.596. The number of Topliss-reactive ketones (excluding diaryl/α,β-unsaturated/α-hetero) is 1. The number of rotatable bonds is 6. The fraction of sp³-hybridized carbons (Fsp3) is 0.400. The molecule has 0 saturated heterocycles. The molecule has 0 radical (unpaired) electrons. The van der Waals surface area contributed by atoms with E-state index in [2.05, 4.69) is 5.32 Å². The zero-order valence-corrected chi connectivity index (χ0v) is 15.9. The van der Waals surface area contributed by atoms with E-state index in [1.54, 1.807) is 6.07 Å². The number of hydrogen-bond acceptors (Lipinski definition) is 4. The van der Waals surface area contributed by atoms with Gasteiger partial charge in [0.2, 0.25) is 5.91 Å². The highest BCUT2D eigenvalue weighted by atomic mass is 32.1. The van der Waals surface area contributed by atoms with Gasteiger partial charge in [0.05, 0.1) is 11.4 Å². The van der Waals surface area contributed by atoms with Crippen LogP contribution in [0.25, 0.3) is 10.4 Å². The maximum atomic E-state index is 14.1. The highest BCUT2D eigenvalue weighted by Gasteiger charge is 2.28. The Hall–Kier alpha value is -2.21. The molecule has 0 spiro atoms. The minimum Gasteiger partial charge on any atom is -0.487 e. The highest BCUT2D eigenvalue weighted by Crippen LogP contribution is 2.42. The van der Waals surface area contributed by atoms with E-state index in [0.29, 0.717) is 41.5 Å². The standard InChI is InChI=1S/C20H22FNO3S/c1-11(2)6-19(24)22-10-15-8-13-7-14(21)9-16(20(13)25-15)18-5-4-17(26-18)12(3)23/h4-5,7,9,11,15H,6,8,10H2,1-3H3,(H,22,24)/t15-/m1/s1. The molecule has 2 heterocycles. The summed E-state index contributed by atoms with van der Waals surface area (Å²) < 4.78 is 20.1. The summed E-state index contributed by atoms with van der Waals surface area (Å²) in [6.07, 6.45) is 0.809. The minimum atomic E-state index is -0.329. The number of ketones is 1. The van der Waals surface area contributed by atoms with E-state index >= 15 is 0 Å². The third kappa shape index (κ3) is 4.12. The predicted octanol–water partition coefficient (Wildman–Crippen LogP) is 4.22. The lowest BCUT2D eigenvalue weighted by molar-refractivity contribution is -0.122. The van der Waals surface area contributed by atoms with E-state index in [1.807, 2.05) is 19.9 Å². The summed E-state index contributed by atoms with van der Waals surface area (Å²) in [5.41, 5.74) is 1.45. The van der Waals surface area contributed by atoms with Gasteiger partial charge in [0, 0.05) is 28.8 Å². The van der Waals surface area contributed by atoms with Crippen LogP contribution in [-0.4, -0.2) is 24.3 Å². The molecule has 1 amide bonds. The van der Waals surface area contributed by atoms with E-state index in [1.165, 1.54) is 30.4 Å². The molecule has 1 N–H and O–H groups in total. The van der Waals surface area contributed by atoms with Crippen LogP contribution < -0.4 is 10.1 Å². The topological polar surface area (TPSA) is 55.4 Å². The molecule has 1 aromatic carbocycles. The molecule has 6 heteroatoms. The Morgan fingerprint density at radius 1 is 1.35 bits per heavy atom. The first-order valence-electron chi connectivity index (χ1n) is 8.70. The summed E-state index contributed by atoms with van der Waals surface area (Å²) in [4.78, 5) is 24.8. The molecule has 26 heavy (non-hydrogen) atoms. The molecule has 1 aliphatic heterocycles. The monoisotopic (exact) mass is 375 g/mol. The van der Waals surface area contributed by atoms with Gasteiger partial charge < -0.3 is 10.1 Å².